The second-order valence-corrected chi connectivity index (χ2v) is 3.73. The standard InChI is InChI=1S/C13H13FN2O2/c1-15-13(17)18-8-9-6-12(16-7-9)10-4-2-3-5-11(10)14/h2-7,16H,8H2,1H3,(H,15,17). The number of ether oxygens (including phenoxy) is 1. The number of alkyl carbamates (subject to hydrolysis) is 1. The minimum atomic E-state index is -0.497. The van der Waals surface area contributed by atoms with Crippen LogP contribution in [0.4, 0.5) is 9.18 Å². The molecule has 1 aromatic heterocycles. The molecule has 0 aliphatic heterocycles. The number of halogens is 1. The molecule has 0 aliphatic rings. The summed E-state index contributed by atoms with van der Waals surface area (Å²) in [5.41, 5.74) is 1.92. The maximum Gasteiger partial charge on any atom is 0.407 e. The van der Waals surface area contributed by atoms with Crippen LogP contribution in [0.2, 0.25) is 0 Å². The minimum Gasteiger partial charge on any atom is -0.445 e. The van der Waals surface area contributed by atoms with Crippen LogP contribution in [-0.2, 0) is 11.3 Å². The van der Waals surface area contributed by atoms with E-state index in [9.17, 15) is 9.18 Å². The van der Waals surface area contributed by atoms with Gasteiger partial charge in [-0.3, -0.25) is 0 Å². The molecular formula is C13H13FN2O2. The molecule has 2 aromatic rings. The molecule has 1 heterocycles. The van der Waals surface area contributed by atoms with Gasteiger partial charge in [-0.15, -0.1) is 0 Å². The van der Waals surface area contributed by atoms with Crippen molar-refractivity contribution < 1.29 is 13.9 Å². The summed E-state index contributed by atoms with van der Waals surface area (Å²) in [6.07, 6.45) is 1.19. The van der Waals surface area contributed by atoms with Gasteiger partial charge in [0.15, 0.2) is 0 Å². The van der Waals surface area contributed by atoms with E-state index in [1.54, 1.807) is 30.5 Å². The van der Waals surface area contributed by atoms with Gasteiger partial charge in [0, 0.05) is 30.1 Å². The van der Waals surface area contributed by atoms with Crippen molar-refractivity contribution in [2.75, 3.05) is 7.05 Å². The Morgan fingerprint density at radius 2 is 2.22 bits per heavy atom. The van der Waals surface area contributed by atoms with Gasteiger partial charge < -0.3 is 15.0 Å². The fourth-order valence-corrected chi connectivity index (χ4v) is 1.58. The lowest BCUT2D eigenvalue weighted by atomic mass is 10.1. The fourth-order valence-electron chi connectivity index (χ4n) is 1.58. The Hall–Kier alpha value is -2.30. The van der Waals surface area contributed by atoms with Crippen molar-refractivity contribution in [1.29, 1.82) is 0 Å². The third kappa shape index (κ3) is 2.68. The number of benzene rings is 1. The number of aromatic nitrogens is 1. The topological polar surface area (TPSA) is 54.1 Å². The van der Waals surface area contributed by atoms with Crippen LogP contribution < -0.4 is 5.32 Å². The minimum absolute atomic E-state index is 0.143. The molecule has 1 aromatic carbocycles. The Kier molecular flexibility index (Phi) is 3.62. The predicted octanol–water partition coefficient (Wildman–Crippen LogP) is 2.68. The summed E-state index contributed by atoms with van der Waals surface area (Å²) in [6, 6.07) is 8.24. The van der Waals surface area contributed by atoms with Crippen molar-refractivity contribution in [2.45, 2.75) is 6.61 Å². The van der Waals surface area contributed by atoms with E-state index in [0.29, 0.717) is 11.3 Å². The highest BCUT2D eigenvalue weighted by molar-refractivity contribution is 5.67. The van der Waals surface area contributed by atoms with E-state index in [0.717, 1.165) is 5.56 Å². The van der Waals surface area contributed by atoms with E-state index < -0.39 is 6.09 Å². The molecule has 4 nitrogen and oxygen atoms in total. The van der Waals surface area contributed by atoms with E-state index in [1.165, 1.54) is 13.1 Å². The van der Waals surface area contributed by atoms with E-state index in [-0.39, 0.29) is 12.4 Å². The second kappa shape index (κ2) is 5.35. The van der Waals surface area contributed by atoms with Gasteiger partial charge in [0.2, 0.25) is 0 Å². The van der Waals surface area contributed by atoms with E-state index >= 15 is 0 Å². The van der Waals surface area contributed by atoms with Crippen LogP contribution in [0, 0.1) is 5.82 Å². The molecule has 18 heavy (non-hydrogen) atoms. The van der Waals surface area contributed by atoms with Crippen LogP contribution in [0.3, 0.4) is 0 Å². The molecule has 94 valence electrons. The molecule has 2 rings (SSSR count). The molecule has 0 unspecified atom stereocenters. The van der Waals surface area contributed by atoms with Crippen LogP contribution >= 0.6 is 0 Å². The lowest BCUT2D eigenvalue weighted by Gasteiger charge is -2.01. The number of carbonyl (C=O) groups is 1. The Balaban J connectivity index is 2.11. The van der Waals surface area contributed by atoms with Gasteiger partial charge in [0.05, 0.1) is 0 Å². The van der Waals surface area contributed by atoms with Crippen molar-refractivity contribution in [2.24, 2.45) is 0 Å². The van der Waals surface area contributed by atoms with Gasteiger partial charge in [0.1, 0.15) is 12.4 Å². The largest absolute Gasteiger partial charge is 0.445 e. The molecule has 1 amide bonds. The SMILES string of the molecule is CNC(=O)OCc1c[nH]c(-c2ccccc2F)c1. The molecule has 0 aliphatic carbocycles. The number of hydrogen-bond acceptors (Lipinski definition) is 2. The molecule has 0 spiro atoms. The van der Waals surface area contributed by atoms with Crippen molar-refractivity contribution >= 4 is 6.09 Å². The highest BCUT2D eigenvalue weighted by Crippen LogP contribution is 2.22. The highest BCUT2D eigenvalue weighted by atomic mass is 19.1. The van der Waals surface area contributed by atoms with E-state index in [4.69, 9.17) is 4.74 Å². The third-order valence-corrected chi connectivity index (χ3v) is 2.48. The molecule has 5 heteroatoms. The van der Waals surface area contributed by atoms with Gasteiger partial charge in [-0.1, -0.05) is 12.1 Å². The lowest BCUT2D eigenvalue weighted by Crippen LogP contribution is -2.18. The number of amides is 1. The lowest BCUT2D eigenvalue weighted by molar-refractivity contribution is 0.142. The van der Waals surface area contributed by atoms with Crippen LogP contribution in [-0.4, -0.2) is 18.1 Å². The summed E-state index contributed by atoms with van der Waals surface area (Å²) in [5, 5.41) is 2.35. The van der Waals surface area contributed by atoms with Gasteiger partial charge >= 0.3 is 6.09 Å². The number of rotatable bonds is 3. The molecule has 0 saturated heterocycles. The smallest absolute Gasteiger partial charge is 0.407 e. The molecule has 0 saturated carbocycles. The first kappa shape index (κ1) is 12.2. The second-order valence-electron chi connectivity index (χ2n) is 3.73. The molecule has 0 radical (unpaired) electrons. The van der Waals surface area contributed by atoms with E-state index in [2.05, 4.69) is 10.3 Å². The number of aromatic amines is 1. The summed E-state index contributed by atoms with van der Waals surface area (Å²) in [4.78, 5) is 13.9. The van der Waals surface area contributed by atoms with Crippen LogP contribution in [0.25, 0.3) is 11.3 Å². The number of carbonyl (C=O) groups excluding carboxylic acids is 1. The summed E-state index contributed by atoms with van der Waals surface area (Å²) in [7, 11) is 1.49. The average molecular weight is 248 g/mol. The number of hydrogen-bond donors (Lipinski definition) is 2. The van der Waals surface area contributed by atoms with Crippen molar-refractivity contribution in [3.8, 4) is 11.3 Å². The quantitative estimate of drug-likeness (QED) is 0.877. The molecule has 0 fully saturated rings. The molecule has 2 N–H and O–H groups in total. The summed E-state index contributed by atoms with van der Waals surface area (Å²) in [5.74, 6) is -0.293. The highest BCUT2D eigenvalue weighted by Gasteiger charge is 2.07. The maximum absolute atomic E-state index is 13.5. The Morgan fingerprint density at radius 1 is 1.44 bits per heavy atom. The van der Waals surface area contributed by atoms with Crippen LogP contribution in [0.1, 0.15) is 5.56 Å². The predicted molar refractivity (Wildman–Crippen MR) is 65.4 cm³/mol. The third-order valence-electron chi connectivity index (χ3n) is 2.48. The molecular weight excluding hydrogens is 235 g/mol. The maximum atomic E-state index is 13.5. The summed E-state index contributed by atoms with van der Waals surface area (Å²) < 4.78 is 18.4. The number of nitrogens with one attached hydrogen (secondary N) is 2. The van der Waals surface area contributed by atoms with Gasteiger partial charge in [-0.2, -0.15) is 0 Å². The Bertz CT molecular complexity index is 551. The summed E-state index contributed by atoms with van der Waals surface area (Å²) >= 11 is 0. The van der Waals surface area contributed by atoms with Gasteiger partial charge in [-0.25, -0.2) is 9.18 Å². The van der Waals surface area contributed by atoms with Gasteiger partial charge in [-0.05, 0) is 18.2 Å². The normalized spacial score (nSPS) is 10.1. The molecule has 0 atom stereocenters. The summed E-state index contributed by atoms with van der Waals surface area (Å²) in [6.45, 7) is 0.143. The first-order valence-electron chi connectivity index (χ1n) is 5.47. The van der Waals surface area contributed by atoms with Crippen LogP contribution in [0.5, 0.6) is 0 Å². The van der Waals surface area contributed by atoms with Crippen molar-refractivity contribution in [3.63, 3.8) is 0 Å². The zero-order valence-electron chi connectivity index (χ0n) is 9.87. The Labute approximate surface area is 104 Å². The zero-order valence-corrected chi connectivity index (χ0v) is 9.87. The Morgan fingerprint density at radius 3 is 2.94 bits per heavy atom. The van der Waals surface area contributed by atoms with Crippen LogP contribution in [0.15, 0.2) is 36.5 Å². The van der Waals surface area contributed by atoms with Gasteiger partial charge in [0.25, 0.3) is 0 Å². The van der Waals surface area contributed by atoms with Crippen molar-refractivity contribution in [1.82, 2.24) is 10.3 Å². The van der Waals surface area contributed by atoms with E-state index in [1.807, 2.05) is 0 Å². The molecule has 0 bridgehead atoms. The monoisotopic (exact) mass is 248 g/mol. The first-order valence-corrected chi connectivity index (χ1v) is 5.47. The van der Waals surface area contributed by atoms with Crippen molar-refractivity contribution in [3.05, 3.63) is 47.9 Å². The zero-order chi connectivity index (χ0) is 13.0. The number of H-pyrrole nitrogens is 1. The average Bonchev–Trinajstić information content (AvgIpc) is 2.85. The first-order chi connectivity index (χ1) is 8.70. The fraction of sp³-hybridized carbons (Fsp3) is 0.154.